The second-order valence-electron chi connectivity index (χ2n) is 9.72. The summed E-state index contributed by atoms with van der Waals surface area (Å²) in [5, 5.41) is 23.0. The van der Waals surface area contributed by atoms with Crippen molar-refractivity contribution in [2.45, 2.75) is 35.5 Å². The van der Waals surface area contributed by atoms with Gasteiger partial charge in [0.25, 0.3) is 11.4 Å². The molecular formula is C34H26N4O4S2. The largest absolute Gasteiger partial charge is 0.398 e. The summed E-state index contributed by atoms with van der Waals surface area (Å²) < 4.78 is 0. The van der Waals surface area contributed by atoms with Gasteiger partial charge in [-0.2, -0.15) is 0 Å². The predicted octanol–water partition coefficient (Wildman–Crippen LogP) is 6.22. The van der Waals surface area contributed by atoms with E-state index in [0.29, 0.717) is 64.2 Å². The summed E-state index contributed by atoms with van der Waals surface area (Å²) in [6.45, 7) is 0. The van der Waals surface area contributed by atoms with Crippen molar-refractivity contribution in [3.8, 4) is 35.5 Å². The summed E-state index contributed by atoms with van der Waals surface area (Å²) in [6, 6.07) is 20.6. The Balaban J connectivity index is 1.38. The summed E-state index contributed by atoms with van der Waals surface area (Å²) in [5.74, 6) is 16.4. The smallest absolute Gasteiger partial charge is 0.273 e. The highest BCUT2D eigenvalue weighted by molar-refractivity contribution is 7.80. The molecule has 0 aliphatic rings. The van der Waals surface area contributed by atoms with E-state index >= 15 is 0 Å². The average Bonchev–Trinajstić information content (AvgIpc) is 2.98. The summed E-state index contributed by atoms with van der Waals surface area (Å²) in [7, 11) is 0. The number of nitro benzene ring substituents is 2. The molecular weight excluding hydrogens is 593 g/mol. The number of thiol groups is 2. The van der Waals surface area contributed by atoms with E-state index in [1.54, 1.807) is 36.4 Å². The van der Waals surface area contributed by atoms with Gasteiger partial charge in [-0.3, -0.25) is 20.2 Å². The van der Waals surface area contributed by atoms with Crippen LogP contribution in [0.4, 0.5) is 22.7 Å². The van der Waals surface area contributed by atoms with E-state index in [4.69, 9.17) is 11.5 Å². The minimum atomic E-state index is -0.418. The molecule has 0 amide bonds. The Kier molecular flexibility index (Phi) is 10.6. The molecule has 0 saturated heterocycles. The molecule has 4 rings (SSSR count). The lowest BCUT2D eigenvalue weighted by atomic mass is 10.0. The second-order valence-corrected chi connectivity index (χ2v) is 10.8. The Morgan fingerprint density at radius 1 is 0.545 bits per heavy atom. The van der Waals surface area contributed by atoms with Crippen molar-refractivity contribution in [2.24, 2.45) is 0 Å². The fourth-order valence-corrected chi connectivity index (χ4v) is 4.89. The standard InChI is InChI=1S/C34H26N4O4S2/c35-31-19-23(7-9-25(31)11-14-28-16-18-30(44)22-34(28)38(41)42)5-3-1-2-4-6-24-8-10-27(33(20-24)37(39)40)13-12-26-15-17-29(43)21-32(26)36/h7-10,15-22,43-44H,11-14,35-36H2. The molecule has 0 aliphatic carbocycles. The molecule has 0 unspecified atom stereocenters. The van der Waals surface area contributed by atoms with Gasteiger partial charge in [0.05, 0.1) is 9.85 Å². The van der Waals surface area contributed by atoms with Crippen molar-refractivity contribution in [1.29, 1.82) is 0 Å². The number of benzene rings is 4. The average molecular weight is 619 g/mol. The van der Waals surface area contributed by atoms with Crippen LogP contribution in [0.3, 0.4) is 0 Å². The van der Waals surface area contributed by atoms with Crippen LogP contribution in [0.5, 0.6) is 0 Å². The fourth-order valence-electron chi connectivity index (χ4n) is 4.47. The molecule has 0 aliphatic heterocycles. The van der Waals surface area contributed by atoms with E-state index in [0.717, 1.165) is 16.0 Å². The number of anilines is 2. The molecule has 0 atom stereocenters. The minimum Gasteiger partial charge on any atom is -0.398 e. The molecule has 218 valence electrons. The molecule has 0 heterocycles. The number of rotatable bonds is 8. The molecule has 8 nitrogen and oxygen atoms in total. The highest BCUT2D eigenvalue weighted by Gasteiger charge is 2.16. The Morgan fingerprint density at radius 2 is 0.955 bits per heavy atom. The van der Waals surface area contributed by atoms with E-state index in [2.05, 4.69) is 60.8 Å². The van der Waals surface area contributed by atoms with E-state index in [9.17, 15) is 20.2 Å². The van der Waals surface area contributed by atoms with E-state index in [-0.39, 0.29) is 11.4 Å². The summed E-state index contributed by atoms with van der Waals surface area (Å²) in [6.07, 6.45) is 1.99. The molecule has 0 bridgehead atoms. The number of nitrogens with two attached hydrogens (primary N) is 2. The Morgan fingerprint density at radius 3 is 1.48 bits per heavy atom. The topological polar surface area (TPSA) is 138 Å². The molecule has 10 heteroatoms. The molecule has 44 heavy (non-hydrogen) atoms. The van der Waals surface area contributed by atoms with Crippen molar-refractivity contribution < 1.29 is 9.85 Å². The first-order valence-corrected chi connectivity index (χ1v) is 14.2. The van der Waals surface area contributed by atoms with Crippen LogP contribution in [-0.4, -0.2) is 9.85 Å². The molecule has 0 radical (unpaired) electrons. The first-order chi connectivity index (χ1) is 21.1. The Labute approximate surface area is 266 Å². The number of nitrogen functional groups attached to an aromatic ring is 2. The maximum Gasteiger partial charge on any atom is 0.273 e. The lowest BCUT2D eigenvalue weighted by Gasteiger charge is -2.07. The van der Waals surface area contributed by atoms with Crippen LogP contribution in [0.25, 0.3) is 0 Å². The maximum absolute atomic E-state index is 11.7. The normalized spacial score (nSPS) is 9.95. The van der Waals surface area contributed by atoms with E-state index in [1.165, 1.54) is 12.1 Å². The van der Waals surface area contributed by atoms with Gasteiger partial charge in [0, 0.05) is 55.6 Å². The third-order valence-corrected chi connectivity index (χ3v) is 7.31. The molecule has 0 spiro atoms. The zero-order valence-corrected chi connectivity index (χ0v) is 25.1. The number of aryl methyl sites for hydroxylation is 4. The van der Waals surface area contributed by atoms with E-state index in [1.807, 2.05) is 24.3 Å². The lowest BCUT2D eigenvalue weighted by Crippen LogP contribution is -2.01. The third-order valence-electron chi connectivity index (χ3n) is 6.75. The van der Waals surface area contributed by atoms with Gasteiger partial charge in [0.2, 0.25) is 0 Å². The highest BCUT2D eigenvalue weighted by atomic mass is 32.1. The molecule has 4 N–H and O–H groups in total. The van der Waals surface area contributed by atoms with Crippen molar-refractivity contribution >= 4 is 48.0 Å². The van der Waals surface area contributed by atoms with E-state index < -0.39 is 9.85 Å². The maximum atomic E-state index is 11.7. The predicted molar refractivity (Wildman–Crippen MR) is 179 cm³/mol. The summed E-state index contributed by atoms with van der Waals surface area (Å²) in [4.78, 5) is 23.5. The minimum absolute atomic E-state index is 0.0104. The van der Waals surface area contributed by atoms with Crippen LogP contribution in [0, 0.1) is 55.8 Å². The van der Waals surface area contributed by atoms with Crippen LogP contribution < -0.4 is 11.5 Å². The molecule has 0 saturated carbocycles. The number of nitrogens with zero attached hydrogens (tertiary/aromatic N) is 2. The van der Waals surface area contributed by atoms with Crippen LogP contribution in [0.15, 0.2) is 82.6 Å². The molecule has 4 aromatic carbocycles. The zero-order chi connectivity index (χ0) is 31.6. The van der Waals surface area contributed by atoms with Gasteiger partial charge >= 0.3 is 0 Å². The monoisotopic (exact) mass is 618 g/mol. The first kappa shape index (κ1) is 31.6. The van der Waals surface area contributed by atoms with Crippen molar-refractivity contribution in [3.63, 3.8) is 0 Å². The van der Waals surface area contributed by atoms with Gasteiger partial charge in [-0.1, -0.05) is 36.1 Å². The van der Waals surface area contributed by atoms with Crippen molar-refractivity contribution in [1.82, 2.24) is 0 Å². The molecule has 0 fully saturated rings. The van der Waals surface area contributed by atoms with Crippen LogP contribution >= 0.6 is 25.3 Å². The quantitative estimate of drug-likeness (QED) is 0.0608. The second kappa shape index (κ2) is 14.7. The van der Waals surface area contributed by atoms with Crippen molar-refractivity contribution in [2.75, 3.05) is 11.5 Å². The Bertz CT molecular complexity index is 1960. The van der Waals surface area contributed by atoms with Gasteiger partial charge in [-0.15, -0.1) is 25.3 Å². The number of hydrogen-bond donors (Lipinski definition) is 4. The molecule has 0 aromatic heterocycles. The first-order valence-electron chi connectivity index (χ1n) is 13.3. The summed E-state index contributed by atoms with van der Waals surface area (Å²) in [5.41, 5.74) is 17.5. The molecule has 4 aromatic rings. The summed E-state index contributed by atoms with van der Waals surface area (Å²) >= 11 is 8.45. The van der Waals surface area contributed by atoms with Gasteiger partial charge in [-0.25, -0.2) is 0 Å². The third kappa shape index (κ3) is 8.59. The van der Waals surface area contributed by atoms with Crippen LogP contribution in [0.1, 0.15) is 33.4 Å². The Hall–Kier alpha value is -5.34. The SMILES string of the molecule is Nc1cc(C#CC#CC#Cc2ccc(CCc3ccc(S)cc3N)c([N+](=O)[O-])c2)ccc1CCc1ccc(S)cc1[N+](=O)[O-]. The highest BCUT2D eigenvalue weighted by Crippen LogP contribution is 2.26. The van der Waals surface area contributed by atoms with Gasteiger partial charge in [0.1, 0.15) is 0 Å². The fraction of sp³-hybridized carbons (Fsp3) is 0.118. The van der Waals surface area contributed by atoms with Crippen LogP contribution in [0.2, 0.25) is 0 Å². The van der Waals surface area contributed by atoms with Gasteiger partial charge < -0.3 is 11.5 Å². The van der Waals surface area contributed by atoms with Gasteiger partial charge in [0.15, 0.2) is 0 Å². The van der Waals surface area contributed by atoms with Crippen LogP contribution in [-0.2, 0) is 25.7 Å². The van der Waals surface area contributed by atoms with Crippen molar-refractivity contribution in [3.05, 3.63) is 126 Å². The zero-order valence-electron chi connectivity index (χ0n) is 23.3. The number of hydrogen-bond acceptors (Lipinski definition) is 8. The number of nitro groups is 2. The van der Waals surface area contributed by atoms with Gasteiger partial charge in [-0.05, 0) is 96.9 Å². The lowest BCUT2D eigenvalue weighted by molar-refractivity contribution is -0.385.